The van der Waals surface area contributed by atoms with Gasteiger partial charge in [0.25, 0.3) is 0 Å². The van der Waals surface area contributed by atoms with Crippen LogP contribution in [0.3, 0.4) is 0 Å². The van der Waals surface area contributed by atoms with Crippen LogP contribution in [-0.2, 0) is 0 Å². The molecule has 4 aromatic rings. The quantitative estimate of drug-likeness (QED) is 0.343. The van der Waals surface area contributed by atoms with Gasteiger partial charge in [-0.05, 0) is 45.0 Å². The van der Waals surface area contributed by atoms with Crippen molar-refractivity contribution in [3.05, 3.63) is 47.2 Å². The van der Waals surface area contributed by atoms with Crippen LogP contribution >= 0.6 is 11.6 Å². The zero-order valence-corrected chi connectivity index (χ0v) is 17.9. The fourth-order valence-corrected chi connectivity index (χ4v) is 4.02. The van der Waals surface area contributed by atoms with E-state index in [0.717, 1.165) is 25.9 Å². The first-order chi connectivity index (χ1) is 15.5. The van der Waals surface area contributed by atoms with Crippen molar-refractivity contribution >= 4 is 45.6 Å². The van der Waals surface area contributed by atoms with Crippen LogP contribution in [0.15, 0.2) is 35.1 Å². The van der Waals surface area contributed by atoms with Crippen molar-refractivity contribution in [3.63, 3.8) is 0 Å². The van der Waals surface area contributed by atoms with E-state index in [1.54, 1.807) is 25.3 Å². The second-order valence-electron chi connectivity index (χ2n) is 7.72. The Morgan fingerprint density at radius 2 is 2.06 bits per heavy atom. The molecule has 0 radical (unpaired) electrons. The summed E-state index contributed by atoms with van der Waals surface area (Å²) in [6.07, 6.45) is 5.00. The lowest BCUT2D eigenvalue weighted by Gasteiger charge is -2.24. The zero-order valence-electron chi connectivity index (χ0n) is 17.2. The molecule has 0 bridgehead atoms. The molecule has 1 saturated heterocycles. The van der Waals surface area contributed by atoms with Crippen LogP contribution in [0.4, 0.5) is 27.7 Å². The highest BCUT2D eigenvalue weighted by molar-refractivity contribution is 6.32. The number of nitrogens with one attached hydrogen (secondary N) is 3. The Morgan fingerprint density at radius 1 is 1.25 bits per heavy atom. The van der Waals surface area contributed by atoms with Crippen LogP contribution in [0.1, 0.15) is 24.6 Å². The molecule has 166 valence electrons. The topological polar surface area (TPSA) is 113 Å². The average molecular weight is 458 g/mol. The van der Waals surface area contributed by atoms with Gasteiger partial charge in [-0.15, -0.1) is 0 Å². The summed E-state index contributed by atoms with van der Waals surface area (Å²) in [5.41, 5.74) is 0.140. The number of nitrogens with zero attached hydrogens (tertiary/aromatic N) is 4. The Bertz CT molecular complexity index is 1280. The lowest BCUT2D eigenvalue weighted by atomic mass is 10.1. The lowest BCUT2D eigenvalue weighted by molar-refractivity contribution is 0.326. The molecule has 0 spiro atoms. The molecule has 9 nitrogen and oxygen atoms in total. The smallest absolute Gasteiger partial charge is 0.229 e. The van der Waals surface area contributed by atoms with E-state index < -0.39 is 5.82 Å². The van der Waals surface area contributed by atoms with Crippen molar-refractivity contribution in [2.24, 2.45) is 0 Å². The van der Waals surface area contributed by atoms with Gasteiger partial charge >= 0.3 is 0 Å². The molecule has 0 aliphatic carbocycles. The van der Waals surface area contributed by atoms with Gasteiger partial charge in [0, 0.05) is 29.1 Å². The van der Waals surface area contributed by atoms with Crippen molar-refractivity contribution in [1.82, 2.24) is 25.0 Å². The van der Waals surface area contributed by atoms with Gasteiger partial charge in [0.15, 0.2) is 17.5 Å². The Morgan fingerprint density at radius 3 is 2.81 bits per heavy atom. The van der Waals surface area contributed by atoms with Gasteiger partial charge in [-0.3, -0.25) is 0 Å². The lowest BCUT2D eigenvalue weighted by Crippen LogP contribution is -2.29. The molecule has 3 aromatic heterocycles. The van der Waals surface area contributed by atoms with Crippen molar-refractivity contribution in [1.29, 1.82) is 0 Å². The summed E-state index contributed by atoms with van der Waals surface area (Å²) in [5, 5.41) is 25.2. The predicted molar refractivity (Wildman–Crippen MR) is 120 cm³/mol. The molecule has 0 amide bonds. The molecule has 1 aliphatic rings. The maximum Gasteiger partial charge on any atom is 0.229 e. The summed E-state index contributed by atoms with van der Waals surface area (Å²) in [5.74, 6) is 1.12. The Kier molecular flexibility index (Phi) is 5.32. The molecule has 0 unspecified atom stereocenters. The van der Waals surface area contributed by atoms with Gasteiger partial charge in [-0.2, -0.15) is 4.98 Å². The van der Waals surface area contributed by atoms with E-state index in [-0.39, 0.29) is 28.6 Å². The first-order valence-electron chi connectivity index (χ1n) is 10.2. The highest BCUT2D eigenvalue weighted by Gasteiger charge is 2.21. The van der Waals surface area contributed by atoms with E-state index in [1.807, 2.05) is 4.57 Å². The number of piperidine rings is 1. The number of rotatable bonds is 5. The number of hydrogen-bond donors (Lipinski definition) is 4. The number of fused-ring (bicyclic) bond motifs is 1. The molecule has 11 heteroatoms. The monoisotopic (exact) mass is 457 g/mol. The summed E-state index contributed by atoms with van der Waals surface area (Å²) < 4.78 is 21.7. The molecule has 0 saturated carbocycles. The minimum atomic E-state index is -0.486. The number of aromatic nitrogens is 4. The van der Waals surface area contributed by atoms with Gasteiger partial charge in [-0.1, -0.05) is 16.8 Å². The molecule has 4 N–H and O–H groups in total. The van der Waals surface area contributed by atoms with Crippen molar-refractivity contribution in [2.45, 2.75) is 25.8 Å². The Hall–Kier alpha value is -3.37. The first kappa shape index (κ1) is 20.5. The Labute approximate surface area is 187 Å². The van der Waals surface area contributed by atoms with Crippen LogP contribution in [0, 0.1) is 12.7 Å². The second-order valence-corrected chi connectivity index (χ2v) is 8.13. The maximum absolute atomic E-state index is 14.8. The molecule has 1 aliphatic heterocycles. The van der Waals surface area contributed by atoms with Gasteiger partial charge in [-0.25, -0.2) is 9.37 Å². The summed E-state index contributed by atoms with van der Waals surface area (Å²) in [7, 11) is 0. The van der Waals surface area contributed by atoms with Gasteiger partial charge in [0.1, 0.15) is 16.6 Å². The van der Waals surface area contributed by atoms with Crippen LogP contribution < -0.4 is 16.0 Å². The van der Waals surface area contributed by atoms with Crippen LogP contribution in [0.2, 0.25) is 5.02 Å². The van der Waals surface area contributed by atoms with Crippen molar-refractivity contribution in [3.8, 4) is 5.88 Å². The third kappa shape index (κ3) is 3.94. The summed E-state index contributed by atoms with van der Waals surface area (Å²) in [6.45, 7) is 3.54. The second kappa shape index (κ2) is 8.29. The molecule has 1 aromatic carbocycles. The third-order valence-electron chi connectivity index (χ3n) is 5.47. The van der Waals surface area contributed by atoms with Gasteiger partial charge < -0.3 is 30.1 Å². The Balaban J connectivity index is 1.44. The van der Waals surface area contributed by atoms with Crippen molar-refractivity contribution in [2.75, 3.05) is 23.7 Å². The fraction of sp³-hybridized carbons (Fsp3) is 0.286. The largest absolute Gasteiger partial charge is 0.494 e. The van der Waals surface area contributed by atoms with E-state index in [9.17, 15) is 9.50 Å². The molecule has 0 atom stereocenters. The number of benzene rings is 1. The zero-order chi connectivity index (χ0) is 22.2. The summed E-state index contributed by atoms with van der Waals surface area (Å²) in [6, 6.07) is 4.82. The van der Waals surface area contributed by atoms with Crippen molar-refractivity contribution < 1.29 is 14.0 Å². The maximum atomic E-state index is 14.8. The SMILES string of the molecule is Cc1cc(Nc2nc(Nc3cc4c(O)n(C5CCNCC5)cc4cc3F)ncc2Cl)no1. The minimum absolute atomic E-state index is 0.121. The van der Waals surface area contributed by atoms with E-state index in [2.05, 4.69) is 31.1 Å². The van der Waals surface area contributed by atoms with E-state index >= 15 is 0 Å². The summed E-state index contributed by atoms with van der Waals surface area (Å²) >= 11 is 6.17. The van der Waals surface area contributed by atoms with Crippen LogP contribution in [0.5, 0.6) is 5.88 Å². The van der Waals surface area contributed by atoms with Gasteiger partial charge in [0.05, 0.1) is 11.9 Å². The standard InChI is InChI=1S/C21H21ClFN7O2/c1-11-6-18(29-32-11)27-19-15(22)9-25-21(28-19)26-17-8-14-12(7-16(17)23)10-30(20(14)31)13-2-4-24-5-3-13/h6-10,13,24,31H,2-5H2,1H3,(H2,25,26,27,28,29). The molecular formula is C21H21ClFN7O2. The van der Waals surface area contributed by atoms with Gasteiger partial charge in [0.2, 0.25) is 5.95 Å². The number of hydrogen-bond acceptors (Lipinski definition) is 8. The normalized spacial score (nSPS) is 14.7. The van der Waals surface area contributed by atoms with Crippen LogP contribution in [-0.4, -0.2) is 37.9 Å². The number of aromatic hydroxyl groups is 1. The highest BCUT2D eigenvalue weighted by Crippen LogP contribution is 2.36. The number of aryl methyl sites for hydroxylation is 1. The van der Waals surface area contributed by atoms with E-state index in [1.165, 1.54) is 12.3 Å². The van der Waals surface area contributed by atoms with E-state index in [4.69, 9.17) is 16.1 Å². The molecule has 32 heavy (non-hydrogen) atoms. The van der Waals surface area contributed by atoms with E-state index in [0.29, 0.717) is 28.2 Å². The minimum Gasteiger partial charge on any atom is -0.494 e. The highest BCUT2D eigenvalue weighted by atomic mass is 35.5. The number of anilines is 4. The number of halogens is 2. The molecule has 5 rings (SSSR count). The summed E-state index contributed by atoms with van der Waals surface area (Å²) in [4.78, 5) is 8.43. The average Bonchev–Trinajstić information content (AvgIpc) is 3.34. The first-order valence-corrected chi connectivity index (χ1v) is 10.6. The fourth-order valence-electron chi connectivity index (χ4n) is 3.88. The third-order valence-corrected chi connectivity index (χ3v) is 5.75. The predicted octanol–water partition coefficient (Wildman–Crippen LogP) is 4.64. The molecule has 4 heterocycles. The molecular weight excluding hydrogens is 437 g/mol. The van der Waals surface area contributed by atoms with Crippen LogP contribution in [0.25, 0.3) is 10.8 Å². The molecule has 1 fully saturated rings.